The Kier molecular flexibility index (Phi) is 2.51. The molecule has 1 aliphatic rings. The number of carbonyl (C=O) groups is 1. The number of amides is 1. The van der Waals surface area contributed by atoms with Crippen LogP contribution >= 0.6 is 0 Å². The van der Waals surface area contributed by atoms with Crippen molar-refractivity contribution >= 4 is 28.3 Å². The first kappa shape index (κ1) is 10.8. The van der Waals surface area contributed by atoms with Crippen LogP contribution in [0.25, 0.3) is 11.0 Å². The summed E-state index contributed by atoms with van der Waals surface area (Å²) in [6.45, 7) is 2.01. The Morgan fingerprint density at radius 3 is 3.00 bits per heavy atom. The molecular formula is C11H13N5O2. The summed E-state index contributed by atoms with van der Waals surface area (Å²) in [5, 5.41) is 10.5. The SMILES string of the molecule is Nc1ccc(N2CCNC(=O)CC2)c2nonc12. The fourth-order valence-electron chi connectivity index (χ4n) is 2.14. The molecule has 0 spiro atoms. The maximum atomic E-state index is 11.3. The van der Waals surface area contributed by atoms with Crippen LogP contribution in [-0.2, 0) is 4.79 Å². The van der Waals surface area contributed by atoms with Gasteiger partial charge in [-0.15, -0.1) is 0 Å². The van der Waals surface area contributed by atoms with Gasteiger partial charge in [-0.25, -0.2) is 4.63 Å². The maximum Gasteiger partial charge on any atom is 0.221 e. The molecule has 0 saturated carbocycles. The number of aromatic nitrogens is 2. The number of benzene rings is 1. The largest absolute Gasteiger partial charge is 0.397 e. The molecule has 1 aliphatic heterocycles. The Bertz CT molecular complexity index is 594. The molecule has 1 aromatic heterocycles. The number of rotatable bonds is 1. The van der Waals surface area contributed by atoms with E-state index in [1.807, 2.05) is 6.07 Å². The molecule has 0 radical (unpaired) electrons. The minimum absolute atomic E-state index is 0.0717. The molecule has 94 valence electrons. The highest BCUT2D eigenvalue weighted by Crippen LogP contribution is 2.28. The van der Waals surface area contributed by atoms with E-state index in [0.717, 1.165) is 12.2 Å². The highest BCUT2D eigenvalue weighted by molar-refractivity contribution is 5.95. The third-order valence-electron chi connectivity index (χ3n) is 3.08. The Morgan fingerprint density at radius 2 is 2.11 bits per heavy atom. The molecule has 0 atom stereocenters. The van der Waals surface area contributed by atoms with E-state index in [9.17, 15) is 4.79 Å². The minimum Gasteiger partial charge on any atom is -0.397 e. The summed E-state index contributed by atoms with van der Waals surface area (Å²) in [7, 11) is 0. The van der Waals surface area contributed by atoms with Crippen LogP contribution in [0.4, 0.5) is 11.4 Å². The summed E-state index contributed by atoms with van der Waals surface area (Å²) in [5.74, 6) is 0.0717. The number of anilines is 2. The van der Waals surface area contributed by atoms with Crippen LogP contribution in [0, 0.1) is 0 Å². The van der Waals surface area contributed by atoms with Gasteiger partial charge < -0.3 is 16.0 Å². The molecule has 0 bridgehead atoms. The first-order valence-corrected chi connectivity index (χ1v) is 5.78. The summed E-state index contributed by atoms with van der Waals surface area (Å²) in [4.78, 5) is 13.4. The maximum absolute atomic E-state index is 11.3. The second kappa shape index (κ2) is 4.17. The molecule has 1 amide bonds. The van der Waals surface area contributed by atoms with E-state index >= 15 is 0 Å². The van der Waals surface area contributed by atoms with E-state index in [4.69, 9.17) is 10.4 Å². The smallest absolute Gasteiger partial charge is 0.221 e. The molecule has 3 N–H and O–H groups in total. The van der Waals surface area contributed by atoms with Gasteiger partial charge in [-0.2, -0.15) is 0 Å². The molecule has 7 nitrogen and oxygen atoms in total. The molecule has 1 saturated heterocycles. The van der Waals surface area contributed by atoms with E-state index in [1.54, 1.807) is 6.07 Å². The zero-order chi connectivity index (χ0) is 12.5. The average molecular weight is 247 g/mol. The van der Waals surface area contributed by atoms with E-state index in [-0.39, 0.29) is 5.91 Å². The van der Waals surface area contributed by atoms with Crippen molar-refractivity contribution in [3.8, 4) is 0 Å². The Labute approximate surface area is 103 Å². The summed E-state index contributed by atoms with van der Waals surface area (Å²) in [6.07, 6.45) is 0.469. The van der Waals surface area contributed by atoms with Crippen LogP contribution in [0.2, 0.25) is 0 Å². The summed E-state index contributed by atoms with van der Waals surface area (Å²) < 4.78 is 4.74. The lowest BCUT2D eigenvalue weighted by atomic mass is 10.2. The molecule has 1 aromatic carbocycles. The average Bonchev–Trinajstić information content (AvgIpc) is 2.75. The molecule has 0 unspecified atom stereocenters. The first-order chi connectivity index (χ1) is 8.75. The van der Waals surface area contributed by atoms with Crippen molar-refractivity contribution in [2.75, 3.05) is 30.3 Å². The number of carbonyl (C=O) groups excluding carboxylic acids is 1. The van der Waals surface area contributed by atoms with Crippen LogP contribution in [-0.4, -0.2) is 35.9 Å². The Balaban J connectivity index is 2.01. The number of hydrogen-bond acceptors (Lipinski definition) is 6. The van der Waals surface area contributed by atoms with Gasteiger partial charge in [0.2, 0.25) is 5.91 Å². The van der Waals surface area contributed by atoms with Crippen LogP contribution in [0.1, 0.15) is 6.42 Å². The fraction of sp³-hybridized carbons (Fsp3) is 0.364. The van der Waals surface area contributed by atoms with Crippen molar-refractivity contribution in [1.29, 1.82) is 0 Å². The quantitative estimate of drug-likeness (QED) is 0.695. The van der Waals surface area contributed by atoms with E-state index in [0.29, 0.717) is 36.2 Å². The van der Waals surface area contributed by atoms with Crippen molar-refractivity contribution in [1.82, 2.24) is 15.6 Å². The van der Waals surface area contributed by atoms with Gasteiger partial charge in [0.05, 0.1) is 11.4 Å². The number of nitrogens with zero attached hydrogens (tertiary/aromatic N) is 3. The predicted molar refractivity (Wildman–Crippen MR) is 66.1 cm³/mol. The van der Waals surface area contributed by atoms with Gasteiger partial charge in [-0.1, -0.05) is 0 Å². The minimum atomic E-state index is 0.0717. The lowest BCUT2D eigenvalue weighted by Gasteiger charge is -2.21. The molecule has 2 heterocycles. The van der Waals surface area contributed by atoms with Gasteiger partial charge in [0.25, 0.3) is 0 Å². The summed E-state index contributed by atoms with van der Waals surface area (Å²) in [6, 6.07) is 3.67. The van der Waals surface area contributed by atoms with Crippen molar-refractivity contribution in [3.63, 3.8) is 0 Å². The highest BCUT2D eigenvalue weighted by atomic mass is 16.6. The molecule has 0 aliphatic carbocycles. The van der Waals surface area contributed by atoms with Crippen molar-refractivity contribution in [2.24, 2.45) is 0 Å². The Hall–Kier alpha value is -2.31. The van der Waals surface area contributed by atoms with E-state index in [1.165, 1.54) is 0 Å². The lowest BCUT2D eigenvalue weighted by molar-refractivity contribution is -0.120. The van der Waals surface area contributed by atoms with Gasteiger partial charge in [0, 0.05) is 26.1 Å². The normalized spacial score (nSPS) is 16.7. The number of fused-ring (bicyclic) bond motifs is 1. The van der Waals surface area contributed by atoms with Crippen LogP contribution < -0.4 is 16.0 Å². The molecule has 2 aromatic rings. The molecule has 18 heavy (non-hydrogen) atoms. The van der Waals surface area contributed by atoms with Gasteiger partial charge in [0.1, 0.15) is 0 Å². The molecule has 3 rings (SSSR count). The van der Waals surface area contributed by atoms with E-state index < -0.39 is 0 Å². The zero-order valence-corrected chi connectivity index (χ0v) is 9.72. The highest BCUT2D eigenvalue weighted by Gasteiger charge is 2.18. The van der Waals surface area contributed by atoms with Crippen molar-refractivity contribution in [3.05, 3.63) is 12.1 Å². The molecule has 7 heteroatoms. The molecular weight excluding hydrogens is 234 g/mol. The fourth-order valence-corrected chi connectivity index (χ4v) is 2.14. The zero-order valence-electron chi connectivity index (χ0n) is 9.72. The predicted octanol–water partition coefficient (Wildman–Crippen LogP) is 0.131. The second-order valence-corrected chi connectivity index (χ2v) is 4.22. The second-order valence-electron chi connectivity index (χ2n) is 4.22. The van der Waals surface area contributed by atoms with Crippen LogP contribution in [0.5, 0.6) is 0 Å². The number of nitrogens with two attached hydrogens (primary N) is 1. The van der Waals surface area contributed by atoms with Gasteiger partial charge >= 0.3 is 0 Å². The van der Waals surface area contributed by atoms with E-state index in [2.05, 4.69) is 20.5 Å². The first-order valence-electron chi connectivity index (χ1n) is 5.78. The van der Waals surface area contributed by atoms with Crippen LogP contribution in [0.15, 0.2) is 16.8 Å². The number of nitrogen functional groups attached to an aromatic ring is 1. The number of nitrogens with one attached hydrogen (secondary N) is 1. The van der Waals surface area contributed by atoms with Gasteiger partial charge in [-0.05, 0) is 22.4 Å². The van der Waals surface area contributed by atoms with Crippen LogP contribution in [0.3, 0.4) is 0 Å². The van der Waals surface area contributed by atoms with Crippen molar-refractivity contribution < 1.29 is 9.42 Å². The standard InChI is InChI=1S/C11H13N5O2/c12-7-1-2-8(11-10(7)14-18-15-11)16-5-3-9(17)13-4-6-16/h1-2H,3-6,12H2,(H,13,17). The summed E-state index contributed by atoms with van der Waals surface area (Å²) >= 11 is 0. The van der Waals surface area contributed by atoms with Crippen molar-refractivity contribution in [2.45, 2.75) is 6.42 Å². The van der Waals surface area contributed by atoms with Gasteiger partial charge in [-0.3, -0.25) is 4.79 Å². The Morgan fingerprint density at radius 1 is 1.28 bits per heavy atom. The lowest BCUT2D eigenvalue weighted by Crippen LogP contribution is -2.28. The third-order valence-corrected chi connectivity index (χ3v) is 3.08. The number of hydrogen-bond donors (Lipinski definition) is 2. The van der Waals surface area contributed by atoms with Gasteiger partial charge in [0.15, 0.2) is 11.0 Å². The molecule has 1 fully saturated rings. The monoisotopic (exact) mass is 247 g/mol. The third kappa shape index (κ3) is 1.73. The summed E-state index contributed by atoms with van der Waals surface area (Å²) in [5.41, 5.74) is 8.45. The topological polar surface area (TPSA) is 97.3 Å².